The Hall–Kier alpha value is -1.66. The number of aliphatic hydroxyl groups excluding tert-OH is 1. The Kier molecular flexibility index (Phi) is 5.14. The molecule has 2 amide bonds. The average molecular weight is 307 g/mol. The maximum Gasteiger partial charge on any atom is 0.319 e. The molecule has 0 saturated carbocycles. The minimum Gasteiger partial charge on any atom is -0.395 e. The highest BCUT2D eigenvalue weighted by atomic mass is 32.2. The molecule has 2 unspecified atom stereocenters. The second-order valence-corrected chi connectivity index (χ2v) is 6.18. The summed E-state index contributed by atoms with van der Waals surface area (Å²) in [6, 6.07) is 7.41. The number of aromatic amines is 1. The number of carbonyl (C=O) groups excluding carboxylic acids is 1. The van der Waals surface area contributed by atoms with E-state index in [9.17, 15) is 9.90 Å². The van der Waals surface area contributed by atoms with Crippen LogP contribution in [-0.2, 0) is 0 Å². The summed E-state index contributed by atoms with van der Waals surface area (Å²) in [5.74, 6) is 0. The first-order chi connectivity index (χ1) is 10.0. The number of H-pyrrole nitrogens is 1. The van der Waals surface area contributed by atoms with Crippen LogP contribution >= 0.6 is 11.8 Å². The van der Waals surface area contributed by atoms with Gasteiger partial charge in [-0.15, -0.1) is 0 Å². The maximum absolute atomic E-state index is 12.0. The van der Waals surface area contributed by atoms with Gasteiger partial charge in [-0.25, -0.2) is 4.79 Å². The number of hydrogen-bond donors (Lipinski definition) is 4. The Labute approximate surface area is 128 Å². The van der Waals surface area contributed by atoms with Crippen molar-refractivity contribution in [1.29, 1.82) is 0 Å². The highest BCUT2D eigenvalue weighted by molar-refractivity contribution is 7.99. The molecule has 5 nitrogen and oxygen atoms in total. The van der Waals surface area contributed by atoms with Crippen molar-refractivity contribution in [3.8, 4) is 0 Å². The first-order valence-corrected chi connectivity index (χ1v) is 8.13. The Morgan fingerprint density at radius 3 is 2.86 bits per heavy atom. The lowest BCUT2D eigenvalue weighted by Crippen LogP contribution is -2.43. The van der Waals surface area contributed by atoms with E-state index in [4.69, 9.17) is 0 Å². The van der Waals surface area contributed by atoms with E-state index in [2.05, 4.69) is 15.6 Å². The lowest BCUT2D eigenvalue weighted by molar-refractivity contribution is 0.243. The maximum atomic E-state index is 12.0. The summed E-state index contributed by atoms with van der Waals surface area (Å²) < 4.78 is 0. The molecular weight excluding hydrogens is 286 g/mol. The molecular formula is C15H21N3O2S. The van der Waals surface area contributed by atoms with Crippen molar-refractivity contribution in [2.24, 2.45) is 0 Å². The smallest absolute Gasteiger partial charge is 0.319 e. The van der Waals surface area contributed by atoms with Crippen LogP contribution in [0.15, 0.2) is 24.3 Å². The van der Waals surface area contributed by atoms with Gasteiger partial charge >= 0.3 is 6.03 Å². The second-order valence-electron chi connectivity index (χ2n) is 5.10. The van der Waals surface area contributed by atoms with Gasteiger partial charge in [0.1, 0.15) is 0 Å². The van der Waals surface area contributed by atoms with Crippen molar-refractivity contribution in [2.45, 2.75) is 25.1 Å². The Balaban J connectivity index is 2.00. The van der Waals surface area contributed by atoms with Crippen LogP contribution in [0.2, 0.25) is 0 Å². The van der Waals surface area contributed by atoms with Crippen molar-refractivity contribution < 1.29 is 9.90 Å². The quantitative estimate of drug-likeness (QED) is 0.686. The molecule has 0 spiro atoms. The minimum atomic E-state index is -0.262. The molecule has 2 rings (SSSR count). The fraction of sp³-hybridized carbons (Fsp3) is 0.400. The first kappa shape index (κ1) is 15.7. The Morgan fingerprint density at radius 2 is 2.19 bits per heavy atom. The van der Waals surface area contributed by atoms with Gasteiger partial charge in [-0.2, -0.15) is 11.8 Å². The number of anilines is 1. The molecule has 1 aromatic heterocycles. The lowest BCUT2D eigenvalue weighted by Gasteiger charge is -2.21. The molecule has 0 saturated heterocycles. The number of aliphatic hydroxyl groups is 1. The van der Waals surface area contributed by atoms with Crippen LogP contribution in [0.4, 0.5) is 10.5 Å². The third-order valence-corrected chi connectivity index (χ3v) is 4.58. The van der Waals surface area contributed by atoms with Crippen molar-refractivity contribution in [2.75, 3.05) is 18.2 Å². The molecule has 0 radical (unpaired) electrons. The van der Waals surface area contributed by atoms with Crippen LogP contribution in [0.3, 0.4) is 0 Å². The summed E-state index contributed by atoms with van der Waals surface area (Å²) >= 11 is 1.53. The van der Waals surface area contributed by atoms with Gasteiger partial charge in [0, 0.05) is 33.6 Å². The molecule has 1 heterocycles. The molecule has 0 bridgehead atoms. The first-order valence-electron chi connectivity index (χ1n) is 6.84. The highest BCUT2D eigenvalue weighted by Crippen LogP contribution is 2.20. The molecule has 0 aliphatic heterocycles. The molecule has 21 heavy (non-hydrogen) atoms. The average Bonchev–Trinajstić information content (AvgIpc) is 2.79. The molecule has 0 aliphatic rings. The van der Waals surface area contributed by atoms with Gasteiger partial charge in [-0.1, -0.05) is 0 Å². The fourth-order valence-electron chi connectivity index (χ4n) is 2.26. The normalized spacial score (nSPS) is 13.9. The van der Waals surface area contributed by atoms with Crippen molar-refractivity contribution in [1.82, 2.24) is 10.3 Å². The van der Waals surface area contributed by atoms with Crippen molar-refractivity contribution in [3.05, 3.63) is 30.0 Å². The van der Waals surface area contributed by atoms with E-state index in [0.29, 0.717) is 0 Å². The largest absolute Gasteiger partial charge is 0.395 e. The third kappa shape index (κ3) is 3.92. The molecule has 0 aliphatic carbocycles. The monoisotopic (exact) mass is 307 g/mol. The molecule has 1 aromatic carbocycles. The molecule has 4 N–H and O–H groups in total. The van der Waals surface area contributed by atoms with Gasteiger partial charge in [0.15, 0.2) is 0 Å². The van der Waals surface area contributed by atoms with Crippen molar-refractivity contribution >= 4 is 34.4 Å². The fourth-order valence-corrected chi connectivity index (χ4v) is 2.88. The summed E-state index contributed by atoms with van der Waals surface area (Å²) in [5.41, 5.74) is 2.89. The molecule has 114 valence electrons. The minimum absolute atomic E-state index is 0.00875. The van der Waals surface area contributed by atoms with E-state index in [1.807, 2.05) is 44.4 Å². The van der Waals surface area contributed by atoms with Gasteiger partial charge in [0.2, 0.25) is 0 Å². The summed E-state index contributed by atoms with van der Waals surface area (Å²) in [5, 5.41) is 15.9. The van der Waals surface area contributed by atoms with Crippen LogP contribution < -0.4 is 10.6 Å². The van der Waals surface area contributed by atoms with E-state index in [1.165, 1.54) is 11.8 Å². The molecule has 2 aromatic rings. The van der Waals surface area contributed by atoms with E-state index in [1.54, 1.807) is 0 Å². The zero-order valence-corrected chi connectivity index (χ0v) is 13.3. The number of carbonyl (C=O) groups is 1. The SMILES string of the molecule is CSC(CO)C(C)NC(=O)Nc1ccc2[nH]c(C)cc2c1. The number of fused-ring (bicyclic) bond motifs is 1. The van der Waals surface area contributed by atoms with Crippen LogP contribution in [-0.4, -0.2) is 40.3 Å². The van der Waals surface area contributed by atoms with E-state index >= 15 is 0 Å². The number of benzene rings is 1. The number of nitrogens with one attached hydrogen (secondary N) is 3. The Morgan fingerprint density at radius 1 is 1.43 bits per heavy atom. The van der Waals surface area contributed by atoms with E-state index in [0.717, 1.165) is 22.3 Å². The zero-order valence-electron chi connectivity index (χ0n) is 12.4. The van der Waals surface area contributed by atoms with Crippen LogP contribution in [0.25, 0.3) is 10.9 Å². The highest BCUT2D eigenvalue weighted by Gasteiger charge is 2.17. The predicted molar refractivity (Wildman–Crippen MR) is 89.0 cm³/mol. The number of aromatic nitrogens is 1. The standard InChI is InChI=1S/C15H21N3O2S/c1-9-6-11-7-12(4-5-13(11)16-9)18-15(20)17-10(2)14(8-19)21-3/h4-7,10,14,16,19H,8H2,1-3H3,(H2,17,18,20). The summed E-state index contributed by atoms with van der Waals surface area (Å²) in [7, 11) is 0. The van der Waals surface area contributed by atoms with Crippen LogP contribution in [0.5, 0.6) is 0 Å². The third-order valence-electron chi connectivity index (χ3n) is 3.41. The van der Waals surface area contributed by atoms with Crippen molar-refractivity contribution in [3.63, 3.8) is 0 Å². The number of amides is 2. The summed E-state index contributed by atoms with van der Waals surface area (Å²) in [6.07, 6.45) is 1.92. The number of aryl methyl sites for hydroxylation is 1. The lowest BCUT2D eigenvalue weighted by atomic mass is 10.2. The topological polar surface area (TPSA) is 77.2 Å². The number of rotatable bonds is 5. The number of hydrogen-bond acceptors (Lipinski definition) is 3. The number of urea groups is 1. The van der Waals surface area contributed by atoms with Gasteiger partial charge in [-0.05, 0) is 44.4 Å². The van der Waals surface area contributed by atoms with Gasteiger partial charge in [0.05, 0.1) is 6.61 Å². The second kappa shape index (κ2) is 6.87. The van der Waals surface area contributed by atoms with E-state index < -0.39 is 0 Å². The molecule has 0 fully saturated rings. The molecule has 6 heteroatoms. The predicted octanol–water partition coefficient (Wildman–Crippen LogP) is 2.71. The van der Waals surface area contributed by atoms with Crippen LogP contribution in [0.1, 0.15) is 12.6 Å². The van der Waals surface area contributed by atoms with E-state index in [-0.39, 0.29) is 23.9 Å². The summed E-state index contributed by atoms with van der Waals surface area (Å²) in [6.45, 7) is 3.92. The zero-order chi connectivity index (χ0) is 15.4. The van der Waals surface area contributed by atoms with Gasteiger partial charge in [-0.3, -0.25) is 0 Å². The number of thioether (sulfide) groups is 1. The van der Waals surface area contributed by atoms with Crippen LogP contribution in [0, 0.1) is 6.92 Å². The van der Waals surface area contributed by atoms with Gasteiger partial charge in [0.25, 0.3) is 0 Å². The van der Waals surface area contributed by atoms with Gasteiger partial charge < -0.3 is 20.7 Å². The summed E-state index contributed by atoms with van der Waals surface area (Å²) in [4.78, 5) is 15.2. The molecule has 2 atom stereocenters. The Bertz CT molecular complexity index is 622.